The monoisotopic (exact) mass is 320 g/mol. The quantitative estimate of drug-likeness (QED) is 0.644. The van der Waals surface area contributed by atoms with Crippen LogP contribution in [-0.4, -0.2) is 34.8 Å². The second-order valence-corrected chi connectivity index (χ2v) is 4.67. The summed E-state index contributed by atoms with van der Waals surface area (Å²) >= 11 is 0. The van der Waals surface area contributed by atoms with Crippen molar-refractivity contribution < 1.29 is 19.2 Å². The molecule has 2 aromatic rings. The summed E-state index contributed by atoms with van der Waals surface area (Å²) in [5, 5.41) is 17.2. The number of carbonyl (C=O) groups is 1. The van der Waals surface area contributed by atoms with Gasteiger partial charge in [0, 0.05) is 6.07 Å². The van der Waals surface area contributed by atoms with Crippen LogP contribution in [0.5, 0.6) is 11.5 Å². The van der Waals surface area contributed by atoms with Gasteiger partial charge in [0.2, 0.25) is 5.91 Å². The first-order valence-corrected chi connectivity index (χ1v) is 6.67. The second-order valence-electron chi connectivity index (χ2n) is 4.67. The highest BCUT2D eigenvalue weighted by Gasteiger charge is 2.20. The third kappa shape index (κ3) is 3.57. The van der Waals surface area contributed by atoms with E-state index in [4.69, 9.17) is 9.47 Å². The van der Waals surface area contributed by atoms with E-state index in [1.165, 1.54) is 25.1 Å². The van der Waals surface area contributed by atoms with Crippen molar-refractivity contribution in [3.8, 4) is 11.5 Å². The molecule has 0 saturated heterocycles. The molecule has 1 aromatic heterocycles. The number of nitro groups is 1. The van der Waals surface area contributed by atoms with Gasteiger partial charge in [-0.05, 0) is 19.1 Å². The average molecular weight is 320 g/mol. The van der Waals surface area contributed by atoms with Gasteiger partial charge in [-0.2, -0.15) is 5.10 Å². The fourth-order valence-electron chi connectivity index (χ4n) is 1.90. The number of benzene rings is 1. The molecule has 9 heteroatoms. The van der Waals surface area contributed by atoms with Crippen LogP contribution in [0.1, 0.15) is 13.0 Å². The van der Waals surface area contributed by atoms with Crippen LogP contribution in [-0.2, 0) is 4.79 Å². The normalized spacial score (nSPS) is 11.6. The Balaban J connectivity index is 2.18. The predicted octanol–water partition coefficient (Wildman–Crippen LogP) is 2.01. The highest BCUT2D eigenvalue weighted by Crippen LogP contribution is 2.29. The molecule has 1 heterocycles. The number of rotatable bonds is 6. The van der Waals surface area contributed by atoms with Gasteiger partial charge in [-0.15, -0.1) is 0 Å². The van der Waals surface area contributed by atoms with Gasteiger partial charge in [0.15, 0.2) is 0 Å². The Kier molecular flexibility index (Phi) is 4.79. The molecular weight excluding hydrogens is 304 g/mol. The molecular formula is C14H16N4O5. The summed E-state index contributed by atoms with van der Waals surface area (Å²) in [7, 11) is 3.00. The van der Waals surface area contributed by atoms with Crippen molar-refractivity contribution in [2.75, 3.05) is 19.5 Å². The molecule has 2 rings (SSSR count). The molecule has 1 amide bonds. The molecule has 0 bridgehead atoms. The van der Waals surface area contributed by atoms with Crippen LogP contribution in [0.2, 0.25) is 0 Å². The Labute approximate surface area is 132 Å². The first kappa shape index (κ1) is 16.3. The number of hydrogen-bond donors (Lipinski definition) is 1. The van der Waals surface area contributed by atoms with Crippen molar-refractivity contribution >= 4 is 17.3 Å². The van der Waals surface area contributed by atoms with Crippen molar-refractivity contribution in [1.29, 1.82) is 0 Å². The third-order valence-corrected chi connectivity index (χ3v) is 3.24. The second kappa shape index (κ2) is 6.77. The van der Waals surface area contributed by atoms with Gasteiger partial charge in [-0.25, -0.2) is 0 Å². The van der Waals surface area contributed by atoms with Gasteiger partial charge in [0.05, 0.1) is 24.8 Å². The highest BCUT2D eigenvalue weighted by molar-refractivity contribution is 5.95. The van der Waals surface area contributed by atoms with E-state index >= 15 is 0 Å². The minimum absolute atomic E-state index is 0.177. The Bertz CT molecular complexity index is 728. The largest absolute Gasteiger partial charge is 0.497 e. The summed E-state index contributed by atoms with van der Waals surface area (Å²) < 4.78 is 11.5. The molecule has 0 unspecified atom stereocenters. The van der Waals surface area contributed by atoms with Gasteiger partial charge >= 0.3 is 5.69 Å². The van der Waals surface area contributed by atoms with E-state index in [0.29, 0.717) is 17.2 Å². The molecule has 9 nitrogen and oxygen atoms in total. The standard InChI is InChI=1S/C14H16N4O5/c1-9(17-8-10(7-15-17)18(20)21)14(19)16-12-6-11(22-2)4-5-13(12)23-3/h4-9H,1-3H3,(H,16,19)/t9-/m1/s1. The number of nitrogens with zero attached hydrogens (tertiary/aromatic N) is 3. The van der Waals surface area contributed by atoms with E-state index in [1.54, 1.807) is 25.1 Å². The number of hydrogen-bond acceptors (Lipinski definition) is 6. The number of nitrogens with one attached hydrogen (secondary N) is 1. The molecule has 122 valence electrons. The fraction of sp³-hybridized carbons (Fsp3) is 0.286. The average Bonchev–Trinajstić information content (AvgIpc) is 3.04. The van der Waals surface area contributed by atoms with Crippen LogP contribution < -0.4 is 14.8 Å². The fourth-order valence-corrected chi connectivity index (χ4v) is 1.90. The first-order chi connectivity index (χ1) is 11.0. The number of methoxy groups -OCH3 is 2. The van der Waals surface area contributed by atoms with E-state index in [2.05, 4.69) is 10.4 Å². The third-order valence-electron chi connectivity index (χ3n) is 3.24. The highest BCUT2D eigenvalue weighted by atomic mass is 16.6. The van der Waals surface area contributed by atoms with Crippen LogP contribution in [0.4, 0.5) is 11.4 Å². The lowest BCUT2D eigenvalue weighted by Crippen LogP contribution is -2.24. The molecule has 0 saturated carbocycles. The lowest BCUT2D eigenvalue weighted by molar-refractivity contribution is -0.385. The van der Waals surface area contributed by atoms with Gasteiger partial charge in [0.25, 0.3) is 0 Å². The summed E-state index contributed by atoms with van der Waals surface area (Å²) in [6.07, 6.45) is 2.29. The van der Waals surface area contributed by atoms with Gasteiger partial charge in [-0.1, -0.05) is 0 Å². The maximum absolute atomic E-state index is 12.3. The lowest BCUT2D eigenvalue weighted by Gasteiger charge is -2.15. The van der Waals surface area contributed by atoms with E-state index in [1.807, 2.05) is 0 Å². The lowest BCUT2D eigenvalue weighted by atomic mass is 10.2. The summed E-state index contributed by atoms with van der Waals surface area (Å²) in [4.78, 5) is 22.4. The molecule has 0 aliphatic heterocycles. The zero-order valence-corrected chi connectivity index (χ0v) is 12.8. The summed E-state index contributed by atoms with van der Waals surface area (Å²) in [5.74, 6) is 0.635. The van der Waals surface area contributed by atoms with Gasteiger partial charge in [-0.3, -0.25) is 19.6 Å². The van der Waals surface area contributed by atoms with Crippen molar-refractivity contribution in [1.82, 2.24) is 9.78 Å². The molecule has 0 aliphatic rings. The van der Waals surface area contributed by atoms with E-state index in [0.717, 1.165) is 6.20 Å². The molecule has 23 heavy (non-hydrogen) atoms. The molecule has 1 N–H and O–H groups in total. The van der Waals surface area contributed by atoms with Crippen molar-refractivity contribution in [3.05, 3.63) is 40.7 Å². The topological polar surface area (TPSA) is 109 Å². The molecule has 0 radical (unpaired) electrons. The van der Waals surface area contributed by atoms with Crippen LogP contribution in [0.25, 0.3) is 0 Å². The predicted molar refractivity (Wildman–Crippen MR) is 81.8 cm³/mol. The van der Waals surface area contributed by atoms with Crippen molar-refractivity contribution in [3.63, 3.8) is 0 Å². The summed E-state index contributed by atoms with van der Waals surface area (Å²) in [6.45, 7) is 1.58. The van der Waals surface area contributed by atoms with Crippen LogP contribution >= 0.6 is 0 Å². The zero-order chi connectivity index (χ0) is 17.0. The zero-order valence-electron chi connectivity index (χ0n) is 12.8. The first-order valence-electron chi connectivity index (χ1n) is 6.67. The van der Waals surface area contributed by atoms with E-state index < -0.39 is 16.9 Å². The molecule has 1 atom stereocenters. The Hall–Kier alpha value is -3.10. The van der Waals surface area contributed by atoms with Crippen LogP contribution in [0.3, 0.4) is 0 Å². The number of ether oxygens (including phenoxy) is 2. The number of carbonyl (C=O) groups excluding carboxylic acids is 1. The Morgan fingerprint density at radius 3 is 2.70 bits per heavy atom. The van der Waals surface area contributed by atoms with Gasteiger partial charge < -0.3 is 14.8 Å². The smallest absolute Gasteiger partial charge is 0.307 e. The summed E-state index contributed by atoms with van der Waals surface area (Å²) in [6, 6.07) is 4.25. The summed E-state index contributed by atoms with van der Waals surface area (Å²) in [5.41, 5.74) is 0.258. The van der Waals surface area contributed by atoms with Crippen molar-refractivity contribution in [2.24, 2.45) is 0 Å². The van der Waals surface area contributed by atoms with E-state index in [-0.39, 0.29) is 5.69 Å². The van der Waals surface area contributed by atoms with Gasteiger partial charge in [0.1, 0.15) is 29.9 Å². The van der Waals surface area contributed by atoms with Crippen LogP contribution in [0, 0.1) is 10.1 Å². The molecule has 0 spiro atoms. The molecule has 1 aromatic carbocycles. The number of aromatic nitrogens is 2. The maximum Gasteiger partial charge on any atom is 0.307 e. The number of anilines is 1. The maximum atomic E-state index is 12.3. The minimum Gasteiger partial charge on any atom is -0.497 e. The number of amides is 1. The van der Waals surface area contributed by atoms with E-state index in [9.17, 15) is 14.9 Å². The van der Waals surface area contributed by atoms with Crippen LogP contribution in [0.15, 0.2) is 30.6 Å². The minimum atomic E-state index is -0.736. The molecule has 0 fully saturated rings. The SMILES string of the molecule is COc1ccc(OC)c(NC(=O)[C@@H](C)n2cc([N+](=O)[O-])cn2)c1. The molecule has 0 aliphatic carbocycles. The Morgan fingerprint density at radius 2 is 2.13 bits per heavy atom. The Morgan fingerprint density at radius 1 is 1.39 bits per heavy atom. The van der Waals surface area contributed by atoms with Crippen molar-refractivity contribution in [2.45, 2.75) is 13.0 Å².